The van der Waals surface area contributed by atoms with E-state index in [9.17, 15) is 0 Å². The summed E-state index contributed by atoms with van der Waals surface area (Å²) >= 11 is 0. The molecule has 8 aromatic carbocycles. The van der Waals surface area contributed by atoms with Crippen molar-refractivity contribution in [2.75, 3.05) is 0 Å². The average molecular weight is 680 g/mol. The highest BCUT2D eigenvalue weighted by Crippen LogP contribution is 2.47. The summed E-state index contributed by atoms with van der Waals surface area (Å²) in [4.78, 5) is 0. The van der Waals surface area contributed by atoms with Gasteiger partial charge >= 0.3 is 6.85 Å². The van der Waals surface area contributed by atoms with Gasteiger partial charge in [-0.05, 0) is 106 Å². The summed E-state index contributed by atoms with van der Waals surface area (Å²) in [7, 11) is 0. The highest BCUT2D eigenvalue weighted by Gasteiger charge is 2.44. The van der Waals surface area contributed by atoms with Crippen LogP contribution in [0.4, 0.5) is 0 Å². The highest BCUT2D eigenvalue weighted by molar-refractivity contribution is 6.88. The second-order valence-corrected chi connectivity index (χ2v) is 17.8. The molecule has 1 unspecified atom stereocenters. The van der Waals surface area contributed by atoms with Crippen LogP contribution in [0.25, 0.3) is 65.3 Å². The van der Waals surface area contributed by atoms with Crippen LogP contribution in [0.3, 0.4) is 0 Å². The lowest BCUT2D eigenvalue weighted by Gasteiger charge is -2.39. The zero-order valence-corrected chi connectivity index (χ0v) is 31.4. The molecule has 254 valence electrons. The Kier molecular flexibility index (Phi) is 6.14. The second-order valence-electron chi connectivity index (χ2n) is 17.8. The van der Waals surface area contributed by atoms with Gasteiger partial charge in [0.1, 0.15) is 0 Å². The van der Waals surface area contributed by atoms with Crippen LogP contribution in [0, 0.1) is 0 Å². The van der Waals surface area contributed by atoms with Crippen molar-refractivity contribution in [3.8, 4) is 11.1 Å². The van der Waals surface area contributed by atoms with Crippen LogP contribution < -0.4 is 10.9 Å². The van der Waals surface area contributed by atoms with E-state index in [1.54, 1.807) is 0 Å². The molecule has 2 aliphatic rings. The van der Waals surface area contributed by atoms with E-state index in [1.165, 1.54) is 104 Å². The quantitative estimate of drug-likeness (QED) is 0.120. The molecule has 0 fully saturated rings. The average Bonchev–Trinajstić information content (AvgIpc) is 3.48. The molecule has 0 bridgehead atoms. The summed E-state index contributed by atoms with van der Waals surface area (Å²) in [5.41, 5.74) is 15.3. The predicted octanol–water partition coefficient (Wildman–Crippen LogP) is 12.0. The summed E-state index contributed by atoms with van der Waals surface area (Å²) in [5, 5.41) is 10.5. The maximum atomic E-state index is 2.70. The van der Waals surface area contributed by atoms with Crippen molar-refractivity contribution < 1.29 is 0 Å². The van der Waals surface area contributed by atoms with Crippen LogP contribution in [0.15, 0.2) is 140 Å². The van der Waals surface area contributed by atoms with Crippen molar-refractivity contribution in [3.05, 3.63) is 167 Å². The molecule has 0 saturated carbocycles. The molecule has 11 rings (SSSR count). The van der Waals surface area contributed by atoms with Crippen LogP contribution in [0.2, 0.25) is 0 Å². The minimum Gasteiger partial charge on any atom is -0.375 e. The number of hydrogen-bond acceptors (Lipinski definition) is 0. The second kappa shape index (κ2) is 10.5. The first-order chi connectivity index (χ1) is 25.5. The van der Waals surface area contributed by atoms with Crippen molar-refractivity contribution >= 4 is 71.9 Å². The standard InChI is InChI=1S/C51H42BN/c1-50(2,3)36-24-35(25-37(29-36)51(4,5)6)46-42-27-33-22-30-14-7-8-15-31(30)23-34(33)28-44(42)52-48-43(46)26-32-16-9-10-17-38(32)47(48)41-20-13-19-40-39-18-11-12-21-45(39)53(52)49(40)41/h7-29,46H,1-6H3. The summed E-state index contributed by atoms with van der Waals surface area (Å²) in [6, 6.07) is 54.0. The van der Waals surface area contributed by atoms with E-state index in [0.717, 1.165) is 0 Å². The van der Waals surface area contributed by atoms with Crippen LogP contribution in [-0.2, 0) is 10.8 Å². The smallest absolute Gasteiger partial charge is 0.329 e. The summed E-state index contributed by atoms with van der Waals surface area (Å²) < 4.78 is 2.70. The fraction of sp³-hybridized carbons (Fsp3) is 0.176. The zero-order chi connectivity index (χ0) is 36.0. The maximum absolute atomic E-state index is 2.70. The Hall–Kier alpha value is -5.60. The van der Waals surface area contributed by atoms with E-state index in [4.69, 9.17) is 0 Å². The molecule has 0 aliphatic carbocycles. The van der Waals surface area contributed by atoms with E-state index >= 15 is 0 Å². The molecule has 53 heavy (non-hydrogen) atoms. The summed E-state index contributed by atoms with van der Waals surface area (Å²) in [5.74, 6) is 0.0708. The Morgan fingerprint density at radius 2 is 1.08 bits per heavy atom. The van der Waals surface area contributed by atoms with Gasteiger partial charge in [-0.25, -0.2) is 0 Å². The van der Waals surface area contributed by atoms with Crippen LogP contribution in [-0.4, -0.2) is 11.3 Å². The number of para-hydroxylation sites is 2. The third-order valence-corrected chi connectivity index (χ3v) is 12.5. The van der Waals surface area contributed by atoms with Gasteiger partial charge < -0.3 is 4.48 Å². The molecule has 9 aromatic rings. The monoisotopic (exact) mass is 679 g/mol. The first-order valence-corrected chi connectivity index (χ1v) is 19.2. The molecular weight excluding hydrogens is 637 g/mol. The Morgan fingerprint density at radius 1 is 0.491 bits per heavy atom. The first-order valence-electron chi connectivity index (χ1n) is 19.2. The van der Waals surface area contributed by atoms with Crippen LogP contribution >= 0.6 is 0 Å². The molecule has 3 heterocycles. The van der Waals surface area contributed by atoms with Crippen molar-refractivity contribution in [1.82, 2.24) is 4.48 Å². The molecule has 0 saturated heterocycles. The van der Waals surface area contributed by atoms with E-state index < -0.39 is 0 Å². The number of rotatable bonds is 1. The van der Waals surface area contributed by atoms with Gasteiger partial charge in [0.2, 0.25) is 0 Å². The van der Waals surface area contributed by atoms with Gasteiger partial charge in [-0.1, -0.05) is 163 Å². The molecule has 1 aromatic heterocycles. The molecule has 1 nitrogen and oxygen atoms in total. The van der Waals surface area contributed by atoms with Crippen molar-refractivity contribution in [2.24, 2.45) is 0 Å². The molecule has 0 spiro atoms. The zero-order valence-electron chi connectivity index (χ0n) is 31.4. The lowest BCUT2D eigenvalue weighted by Crippen LogP contribution is -2.57. The van der Waals surface area contributed by atoms with E-state index in [0.29, 0.717) is 0 Å². The fourth-order valence-corrected chi connectivity index (χ4v) is 9.88. The lowest BCUT2D eigenvalue weighted by atomic mass is 9.41. The third-order valence-electron chi connectivity index (χ3n) is 12.5. The van der Waals surface area contributed by atoms with Gasteiger partial charge in [0.15, 0.2) is 0 Å². The van der Waals surface area contributed by atoms with Gasteiger partial charge in [0.05, 0.1) is 0 Å². The van der Waals surface area contributed by atoms with Gasteiger partial charge in [-0.15, -0.1) is 0 Å². The number of fused-ring (bicyclic) bond motifs is 11. The molecule has 2 heteroatoms. The minimum absolute atomic E-state index is 0.00968. The van der Waals surface area contributed by atoms with Gasteiger partial charge in [-0.3, -0.25) is 0 Å². The van der Waals surface area contributed by atoms with Crippen molar-refractivity contribution in [1.29, 1.82) is 0 Å². The van der Waals surface area contributed by atoms with Crippen molar-refractivity contribution in [3.63, 3.8) is 0 Å². The molecule has 0 N–H and O–H groups in total. The van der Waals surface area contributed by atoms with Gasteiger partial charge in [-0.2, -0.15) is 0 Å². The molecule has 0 amide bonds. The van der Waals surface area contributed by atoms with Crippen LogP contribution in [0.5, 0.6) is 0 Å². The van der Waals surface area contributed by atoms with Gasteiger partial charge in [0, 0.05) is 33.3 Å². The molecule has 1 atom stereocenters. The largest absolute Gasteiger partial charge is 0.375 e. The molecule has 0 radical (unpaired) electrons. The topological polar surface area (TPSA) is 4.93 Å². The van der Waals surface area contributed by atoms with Crippen molar-refractivity contribution in [2.45, 2.75) is 58.3 Å². The lowest BCUT2D eigenvalue weighted by molar-refractivity contribution is 0.566. The van der Waals surface area contributed by atoms with E-state index in [2.05, 4.69) is 186 Å². The minimum atomic E-state index is 0.00968. The highest BCUT2D eigenvalue weighted by atomic mass is 14.9. The Balaban J connectivity index is 1.35. The fourth-order valence-electron chi connectivity index (χ4n) is 9.88. The number of hydrogen-bond donors (Lipinski definition) is 0. The first kappa shape index (κ1) is 31.0. The van der Waals surface area contributed by atoms with Crippen LogP contribution in [0.1, 0.15) is 75.3 Å². The third kappa shape index (κ3) is 4.33. The number of aromatic nitrogens is 1. The summed E-state index contributed by atoms with van der Waals surface area (Å²) in [6.45, 7) is 14.2. The van der Waals surface area contributed by atoms with E-state index in [-0.39, 0.29) is 23.6 Å². The summed E-state index contributed by atoms with van der Waals surface area (Å²) in [6.07, 6.45) is 0. The molecular formula is C51H42BN. The Labute approximate surface area is 312 Å². The van der Waals surface area contributed by atoms with E-state index in [1.807, 2.05) is 0 Å². The Morgan fingerprint density at radius 3 is 1.77 bits per heavy atom. The predicted molar refractivity (Wildman–Crippen MR) is 229 cm³/mol. The SMILES string of the molecule is CC(C)(C)c1cc(C2c3cc4cc5ccccc5cc4cc3B3c4c2cc2ccccc2c4-c2cccc4c5ccccc5n3c24)cc(C(C)(C)C)c1. The molecule has 2 aliphatic heterocycles. The van der Waals surface area contributed by atoms with Gasteiger partial charge in [0.25, 0.3) is 0 Å². The number of nitrogens with zero attached hydrogens (tertiary/aromatic N) is 1. The normalized spacial score (nSPS) is 15.1. The Bertz CT molecular complexity index is 3000. The number of benzene rings is 8. The maximum Gasteiger partial charge on any atom is 0.329 e.